The highest BCUT2D eigenvalue weighted by atomic mass is 32.2. The molecule has 2 aliphatic heterocycles. The number of aliphatic hydroxyl groups is 1. The Labute approximate surface area is 95.6 Å². The molecule has 7 heteroatoms. The fourth-order valence-corrected chi connectivity index (χ4v) is 2.35. The molecule has 0 aliphatic carbocycles. The highest BCUT2D eigenvalue weighted by Crippen LogP contribution is 2.28. The molecule has 2 heterocycles. The smallest absolute Gasteiger partial charge is 0.263 e. The van der Waals surface area contributed by atoms with Crippen LogP contribution in [0, 0.1) is 0 Å². The molecule has 0 radical (unpaired) electrons. The van der Waals surface area contributed by atoms with E-state index in [2.05, 4.69) is 10.3 Å². The molecule has 5 nitrogen and oxygen atoms in total. The monoisotopic (exact) mass is 244 g/mol. The van der Waals surface area contributed by atoms with Gasteiger partial charge in [0.05, 0.1) is 4.91 Å². The quantitative estimate of drug-likeness (QED) is 0.508. The van der Waals surface area contributed by atoms with Crippen molar-refractivity contribution in [1.29, 1.82) is 0 Å². The van der Waals surface area contributed by atoms with Crippen molar-refractivity contribution in [3.8, 4) is 0 Å². The molecule has 1 atom stereocenters. The second-order valence-corrected chi connectivity index (χ2v) is 4.87. The summed E-state index contributed by atoms with van der Waals surface area (Å²) < 4.78 is 5.41. The fraction of sp³-hybridized carbons (Fsp3) is 0.375. The molecule has 1 unspecified atom stereocenters. The van der Waals surface area contributed by atoms with Crippen molar-refractivity contribution in [2.24, 2.45) is 4.99 Å². The van der Waals surface area contributed by atoms with Gasteiger partial charge in [0.25, 0.3) is 5.91 Å². The average Bonchev–Trinajstić information content (AvgIpc) is 2.58. The van der Waals surface area contributed by atoms with E-state index >= 15 is 0 Å². The summed E-state index contributed by atoms with van der Waals surface area (Å²) in [5, 5.41) is 12.4. The summed E-state index contributed by atoms with van der Waals surface area (Å²) in [7, 11) is 0. The summed E-state index contributed by atoms with van der Waals surface area (Å²) in [5.41, 5.74) is -1.44. The number of carbonyl (C=O) groups is 1. The van der Waals surface area contributed by atoms with Crippen LogP contribution >= 0.6 is 24.0 Å². The Morgan fingerprint density at radius 3 is 3.00 bits per heavy atom. The van der Waals surface area contributed by atoms with Crippen LogP contribution < -0.4 is 5.32 Å². The molecule has 2 rings (SSSR count). The van der Waals surface area contributed by atoms with Crippen LogP contribution in [0.4, 0.5) is 0 Å². The second-order valence-electron chi connectivity index (χ2n) is 3.15. The van der Waals surface area contributed by atoms with Gasteiger partial charge in [0.1, 0.15) is 10.9 Å². The van der Waals surface area contributed by atoms with Crippen LogP contribution in [0.5, 0.6) is 0 Å². The Morgan fingerprint density at radius 2 is 2.53 bits per heavy atom. The van der Waals surface area contributed by atoms with Gasteiger partial charge >= 0.3 is 0 Å². The number of ether oxygens (including phenoxy) is 1. The maximum Gasteiger partial charge on any atom is 0.263 e. The third-order valence-corrected chi connectivity index (χ3v) is 3.01. The average molecular weight is 244 g/mol. The number of thioether (sulfide) groups is 1. The number of hydrogen-bond acceptors (Lipinski definition) is 6. The number of carbonyl (C=O) groups excluding carboxylic acids is 1. The van der Waals surface area contributed by atoms with Crippen LogP contribution in [0.1, 0.15) is 6.92 Å². The molecule has 1 fully saturated rings. The van der Waals surface area contributed by atoms with E-state index in [9.17, 15) is 9.90 Å². The zero-order valence-electron chi connectivity index (χ0n) is 7.81. The molecule has 0 aromatic heterocycles. The fourth-order valence-electron chi connectivity index (χ4n) is 1.25. The van der Waals surface area contributed by atoms with Gasteiger partial charge in [-0.1, -0.05) is 24.0 Å². The maximum atomic E-state index is 11.3. The highest BCUT2D eigenvalue weighted by Gasteiger charge is 2.34. The maximum absolute atomic E-state index is 11.3. The number of hydrogen-bond donors (Lipinski definition) is 2. The Kier molecular flexibility index (Phi) is 2.53. The van der Waals surface area contributed by atoms with E-state index in [1.165, 1.54) is 6.08 Å². The first-order chi connectivity index (χ1) is 6.98. The van der Waals surface area contributed by atoms with Crippen LogP contribution in [-0.4, -0.2) is 33.6 Å². The number of rotatable bonds is 1. The molecule has 2 N–H and O–H groups in total. The summed E-state index contributed by atoms with van der Waals surface area (Å²) in [4.78, 5) is 15.5. The SMILES string of the molecule is CC1=NC(O)(C=C2SC(=S)NC2=O)CO1. The number of amides is 1. The van der Waals surface area contributed by atoms with Crippen molar-refractivity contribution in [2.45, 2.75) is 12.6 Å². The van der Waals surface area contributed by atoms with E-state index < -0.39 is 5.72 Å². The summed E-state index contributed by atoms with van der Waals surface area (Å²) in [6.07, 6.45) is 1.36. The predicted octanol–water partition coefficient (Wildman–Crippen LogP) is 0.155. The molecule has 0 aromatic rings. The predicted molar refractivity (Wildman–Crippen MR) is 60.4 cm³/mol. The number of thiocarbonyl (C=S) groups is 1. The molecule has 80 valence electrons. The van der Waals surface area contributed by atoms with Gasteiger partial charge in [-0.2, -0.15) is 0 Å². The summed E-state index contributed by atoms with van der Waals surface area (Å²) in [6.45, 7) is 1.67. The van der Waals surface area contributed by atoms with Crippen LogP contribution in [0.15, 0.2) is 16.0 Å². The van der Waals surface area contributed by atoms with Gasteiger partial charge in [-0.05, 0) is 6.08 Å². The minimum absolute atomic E-state index is 0.0307. The van der Waals surface area contributed by atoms with Crippen molar-refractivity contribution in [2.75, 3.05) is 6.61 Å². The zero-order valence-corrected chi connectivity index (χ0v) is 9.44. The third kappa shape index (κ3) is 2.19. The first-order valence-electron chi connectivity index (χ1n) is 4.16. The first kappa shape index (κ1) is 10.6. The first-order valence-corrected chi connectivity index (χ1v) is 5.39. The van der Waals surface area contributed by atoms with Crippen LogP contribution in [0.25, 0.3) is 0 Å². The van der Waals surface area contributed by atoms with Gasteiger partial charge in [0.15, 0.2) is 5.90 Å². The third-order valence-electron chi connectivity index (χ3n) is 1.85. The van der Waals surface area contributed by atoms with E-state index in [1.807, 2.05) is 0 Å². The minimum Gasteiger partial charge on any atom is -0.476 e. The van der Waals surface area contributed by atoms with Gasteiger partial charge < -0.3 is 15.2 Å². The molecule has 0 aromatic carbocycles. The molecular formula is C8H8N2O3S2. The Morgan fingerprint density at radius 1 is 1.80 bits per heavy atom. The van der Waals surface area contributed by atoms with E-state index in [-0.39, 0.29) is 12.5 Å². The lowest BCUT2D eigenvalue weighted by molar-refractivity contribution is -0.115. The molecule has 15 heavy (non-hydrogen) atoms. The van der Waals surface area contributed by atoms with Crippen molar-refractivity contribution in [3.63, 3.8) is 0 Å². The normalized spacial score (nSPS) is 32.9. The van der Waals surface area contributed by atoms with Crippen LogP contribution in [0.3, 0.4) is 0 Å². The van der Waals surface area contributed by atoms with Crippen molar-refractivity contribution in [3.05, 3.63) is 11.0 Å². The number of aliphatic imine (C=N–C) groups is 1. The lowest BCUT2D eigenvalue weighted by Gasteiger charge is -2.11. The Balaban J connectivity index is 2.24. The summed E-state index contributed by atoms with van der Waals surface area (Å²) in [5.74, 6) is 0.0958. The van der Waals surface area contributed by atoms with E-state index in [0.29, 0.717) is 15.1 Å². The van der Waals surface area contributed by atoms with Crippen LogP contribution in [-0.2, 0) is 9.53 Å². The van der Waals surface area contributed by atoms with Gasteiger partial charge in [-0.25, -0.2) is 4.99 Å². The zero-order chi connectivity index (χ0) is 11.1. The number of nitrogens with zero attached hydrogens (tertiary/aromatic N) is 1. The summed E-state index contributed by atoms with van der Waals surface area (Å²) >= 11 is 5.92. The van der Waals surface area contributed by atoms with Gasteiger partial charge in [0, 0.05) is 6.92 Å². The molecule has 0 spiro atoms. The molecular weight excluding hydrogens is 236 g/mol. The topological polar surface area (TPSA) is 70.9 Å². The number of nitrogens with one attached hydrogen (secondary N) is 1. The molecule has 0 bridgehead atoms. The molecule has 1 saturated heterocycles. The molecule has 2 aliphatic rings. The van der Waals surface area contributed by atoms with Gasteiger partial charge in [-0.3, -0.25) is 4.79 Å². The molecule has 1 amide bonds. The second kappa shape index (κ2) is 3.58. The van der Waals surface area contributed by atoms with E-state index in [1.54, 1.807) is 6.92 Å². The van der Waals surface area contributed by atoms with E-state index in [0.717, 1.165) is 11.8 Å². The van der Waals surface area contributed by atoms with Crippen molar-refractivity contribution < 1.29 is 14.6 Å². The standard InChI is InChI=1S/C8H8N2O3S2/c1-4-10-8(12,3-13-4)2-5-6(11)9-7(14)15-5/h2,12H,3H2,1H3,(H,9,11,14). The highest BCUT2D eigenvalue weighted by molar-refractivity contribution is 8.26. The van der Waals surface area contributed by atoms with Gasteiger partial charge in [-0.15, -0.1) is 0 Å². The van der Waals surface area contributed by atoms with Gasteiger partial charge in [0.2, 0.25) is 5.72 Å². The van der Waals surface area contributed by atoms with Crippen LogP contribution in [0.2, 0.25) is 0 Å². The van der Waals surface area contributed by atoms with Crippen molar-refractivity contribution in [1.82, 2.24) is 5.32 Å². The lowest BCUT2D eigenvalue weighted by atomic mass is 10.2. The minimum atomic E-state index is -1.44. The molecule has 0 saturated carbocycles. The van der Waals surface area contributed by atoms with E-state index in [4.69, 9.17) is 17.0 Å². The Hall–Kier alpha value is -0.920. The summed E-state index contributed by atoms with van der Waals surface area (Å²) in [6, 6.07) is 0. The largest absolute Gasteiger partial charge is 0.476 e. The lowest BCUT2D eigenvalue weighted by Crippen LogP contribution is -2.26. The Bertz CT molecular complexity index is 405. The van der Waals surface area contributed by atoms with Crippen molar-refractivity contribution >= 4 is 40.1 Å².